The molecule has 0 bridgehead atoms. The van der Waals surface area contributed by atoms with Gasteiger partial charge in [-0.1, -0.05) is 0 Å². The molecule has 0 radical (unpaired) electrons. The van der Waals surface area contributed by atoms with Crippen LogP contribution in [0.2, 0.25) is 0 Å². The van der Waals surface area contributed by atoms with Crippen LogP contribution in [0.4, 0.5) is 0 Å². The van der Waals surface area contributed by atoms with Crippen LogP contribution in [0.15, 0.2) is 54.6 Å². The summed E-state index contributed by atoms with van der Waals surface area (Å²) in [6.45, 7) is 0. The molecule has 90 valence electrons. The summed E-state index contributed by atoms with van der Waals surface area (Å²) in [6, 6.07) is 19.3. The Kier molecular flexibility index (Phi) is 3.22. The fraction of sp³-hybridized carbons (Fsp3) is 0.125. The Bertz CT molecular complexity index is 636. The molecule has 0 N–H and O–H groups in total. The Morgan fingerprint density at radius 2 is 1.78 bits per heavy atom. The second kappa shape index (κ2) is 5.01. The fourth-order valence-corrected chi connectivity index (χ4v) is 4.44. The minimum atomic E-state index is 0.470. The molecule has 0 saturated carbocycles. The second-order valence-corrected chi connectivity index (χ2v) is 6.69. The topological polar surface area (TPSA) is 9.23 Å². The zero-order valence-electron chi connectivity index (χ0n) is 10.2. The number of benzene rings is 2. The van der Waals surface area contributed by atoms with Crippen LogP contribution in [0.3, 0.4) is 0 Å². The quantitative estimate of drug-likeness (QED) is 0.673. The van der Waals surface area contributed by atoms with Gasteiger partial charge < -0.3 is 0 Å². The predicted molar refractivity (Wildman–Crippen MR) is 76.7 cm³/mol. The summed E-state index contributed by atoms with van der Waals surface area (Å²) < 4.78 is 8.43. The van der Waals surface area contributed by atoms with Gasteiger partial charge in [0, 0.05) is 0 Å². The van der Waals surface area contributed by atoms with E-state index in [1.54, 1.807) is 7.11 Å². The summed E-state index contributed by atoms with van der Waals surface area (Å²) in [4.78, 5) is 0. The van der Waals surface area contributed by atoms with E-state index in [-0.39, 0.29) is 0 Å². The van der Waals surface area contributed by atoms with Crippen LogP contribution in [0.5, 0.6) is 5.75 Å². The van der Waals surface area contributed by atoms with E-state index in [0.717, 1.165) is 12.2 Å². The van der Waals surface area contributed by atoms with Crippen LogP contribution < -0.4 is 4.74 Å². The van der Waals surface area contributed by atoms with Gasteiger partial charge in [-0.2, -0.15) is 0 Å². The van der Waals surface area contributed by atoms with E-state index >= 15 is 0 Å². The number of para-hydroxylation sites is 1. The Morgan fingerprint density at radius 3 is 2.61 bits per heavy atom. The Balaban J connectivity index is 1.96. The van der Waals surface area contributed by atoms with E-state index in [0.29, 0.717) is 14.5 Å². The van der Waals surface area contributed by atoms with Crippen molar-refractivity contribution >= 4 is 24.1 Å². The average molecular weight is 301 g/mol. The van der Waals surface area contributed by atoms with Gasteiger partial charge in [-0.3, -0.25) is 0 Å². The number of methoxy groups -OCH3 is 1. The SMILES string of the molecule is COc1ccccc1Cc1cc2ccccc2[se]1. The molecule has 0 saturated heterocycles. The van der Waals surface area contributed by atoms with Crippen LogP contribution in [-0.2, 0) is 6.42 Å². The zero-order valence-corrected chi connectivity index (χ0v) is 11.9. The van der Waals surface area contributed by atoms with E-state index in [2.05, 4.69) is 42.5 Å². The van der Waals surface area contributed by atoms with Gasteiger partial charge in [0.2, 0.25) is 0 Å². The first-order valence-corrected chi connectivity index (χ1v) is 7.67. The third-order valence-corrected chi connectivity index (χ3v) is 5.38. The Labute approximate surface area is 113 Å². The standard InChI is InChI=1S/C16H14OSe/c1-17-15-8-4-2-6-12(15)10-14-11-13-7-3-5-9-16(13)18-14/h2-9,11H,10H2,1H3. The third-order valence-electron chi connectivity index (χ3n) is 3.03. The molecular formula is C16H14OSe. The Morgan fingerprint density at radius 1 is 1.00 bits per heavy atom. The molecule has 1 nitrogen and oxygen atoms in total. The molecule has 0 amide bonds. The summed E-state index contributed by atoms with van der Waals surface area (Å²) in [5, 5.41) is 1.39. The van der Waals surface area contributed by atoms with Crippen LogP contribution >= 0.6 is 0 Å². The first kappa shape index (κ1) is 11.6. The van der Waals surface area contributed by atoms with Crippen molar-refractivity contribution in [1.82, 2.24) is 0 Å². The monoisotopic (exact) mass is 302 g/mol. The maximum atomic E-state index is 5.41. The van der Waals surface area contributed by atoms with E-state index in [9.17, 15) is 0 Å². The molecule has 3 aromatic rings. The summed E-state index contributed by atoms with van der Waals surface area (Å²) in [7, 11) is 1.74. The van der Waals surface area contributed by atoms with E-state index in [4.69, 9.17) is 4.74 Å². The van der Waals surface area contributed by atoms with Gasteiger partial charge in [-0.05, 0) is 0 Å². The molecule has 0 aliphatic heterocycles. The summed E-state index contributed by atoms with van der Waals surface area (Å²) >= 11 is 0.470. The van der Waals surface area contributed by atoms with Crippen LogP contribution in [0.1, 0.15) is 10.0 Å². The molecule has 1 aromatic heterocycles. The summed E-state index contributed by atoms with van der Waals surface area (Å²) in [5.74, 6) is 0.991. The first-order valence-electron chi connectivity index (χ1n) is 5.96. The molecule has 18 heavy (non-hydrogen) atoms. The molecule has 0 atom stereocenters. The van der Waals surface area contributed by atoms with Gasteiger partial charge in [0.25, 0.3) is 0 Å². The van der Waals surface area contributed by atoms with Crippen molar-refractivity contribution in [3.63, 3.8) is 0 Å². The van der Waals surface area contributed by atoms with Crippen molar-refractivity contribution in [2.75, 3.05) is 7.11 Å². The molecule has 0 fully saturated rings. The molecular weight excluding hydrogens is 287 g/mol. The molecule has 3 rings (SSSR count). The van der Waals surface area contributed by atoms with Gasteiger partial charge in [-0.15, -0.1) is 0 Å². The zero-order chi connectivity index (χ0) is 12.4. The van der Waals surface area contributed by atoms with E-state index < -0.39 is 0 Å². The first-order chi connectivity index (χ1) is 8.86. The minimum absolute atomic E-state index is 0.470. The molecule has 2 aromatic carbocycles. The number of fused-ring (bicyclic) bond motifs is 1. The molecule has 0 unspecified atom stereocenters. The Hall–Kier alpha value is -1.50. The molecule has 0 aliphatic rings. The van der Waals surface area contributed by atoms with Crippen LogP contribution in [-0.4, -0.2) is 21.6 Å². The summed E-state index contributed by atoms with van der Waals surface area (Å²) in [6.07, 6.45) is 0.999. The van der Waals surface area contributed by atoms with Gasteiger partial charge in [0.1, 0.15) is 0 Å². The van der Waals surface area contributed by atoms with Crippen molar-refractivity contribution in [2.45, 2.75) is 6.42 Å². The van der Waals surface area contributed by atoms with Crippen molar-refractivity contribution in [3.8, 4) is 5.75 Å². The van der Waals surface area contributed by atoms with E-state index in [1.807, 2.05) is 12.1 Å². The van der Waals surface area contributed by atoms with Gasteiger partial charge in [-0.25, -0.2) is 0 Å². The average Bonchev–Trinajstić information content (AvgIpc) is 2.81. The van der Waals surface area contributed by atoms with Crippen molar-refractivity contribution in [3.05, 3.63) is 64.6 Å². The normalized spacial score (nSPS) is 10.7. The number of rotatable bonds is 3. The fourth-order valence-electron chi connectivity index (χ4n) is 2.16. The van der Waals surface area contributed by atoms with Gasteiger partial charge in [0.15, 0.2) is 0 Å². The van der Waals surface area contributed by atoms with Crippen molar-refractivity contribution in [2.24, 2.45) is 0 Å². The van der Waals surface area contributed by atoms with Crippen molar-refractivity contribution in [1.29, 1.82) is 0 Å². The van der Waals surface area contributed by atoms with Gasteiger partial charge in [0.05, 0.1) is 0 Å². The van der Waals surface area contributed by atoms with Crippen LogP contribution in [0, 0.1) is 0 Å². The maximum absolute atomic E-state index is 5.41. The molecule has 0 spiro atoms. The second-order valence-electron chi connectivity index (χ2n) is 4.24. The molecule has 0 aliphatic carbocycles. The van der Waals surface area contributed by atoms with Crippen LogP contribution in [0.25, 0.3) is 9.65 Å². The summed E-state index contributed by atoms with van der Waals surface area (Å²) in [5.41, 5.74) is 1.28. The predicted octanol–water partition coefficient (Wildman–Crippen LogP) is 3.50. The molecule has 2 heteroatoms. The third kappa shape index (κ3) is 2.22. The van der Waals surface area contributed by atoms with Gasteiger partial charge >= 0.3 is 113 Å². The van der Waals surface area contributed by atoms with E-state index in [1.165, 1.54) is 19.6 Å². The van der Waals surface area contributed by atoms with Crippen molar-refractivity contribution < 1.29 is 4.74 Å². The molecule has 1 heterocycles. The number of hydrogen-bond donors (Lipinski definition) is 0. The number of hydrogen-bond acceptors (Lipinski definition) is 1. The number of ether oxygens (including phenoxy) is 1.